The van der Waals surface area contributed by atoms with E-state index >= 15 is 0 Å². The van der Waals surface area contributed by atoms with Crippen molar-refractivity contribution in [2.75, 3.05) is 0 Å². The number of carbonyl (C=O) groups excluding carboxylic acids is 1. The SMILES string of the molecule is CC(C)C1(CCc2ccsc2CO)CC(O)=C(Sc2cc3cc[nH]c3cc2C(C)(C)C)C(=O)O1. The van der Waals surface area contributed by atoms with Gasteiger partial charge in [0.25, 0.3) is 0 Å². The van der Waals surface area contributed by atoms with Gasteiger partial charge in [-0.25, -0.2) is 4.79 Å². The van der Waals surface area contributed by atoms with Gasteiger partial charge in [-0.15, -0.1) is 11.3 Å². The molecule has 182 valence electrons. The quantitative estimate of drug-likeness (QED) is 0.310. The third-order valence-corrected chi connectivity index (χ3v) is 8.85. The lowest BCUT2D eigenvalue weighted by molar-refractivity contribution is -0.164. The molecule has 1 atom stereocenters. The molecule has 1 aliphatic rings. The molecule has 1 unspecified atom stereocenters. The van der Waals surface area contributed by atoms with Crippen molar-refractivity contribution in [2.24, 2.45) is 5.92 Å². The van der Waals surface area contributed by atoms with Crippen molar-refractivity contribution >= 4 is 40.0 Å². The molecule has 3 N–H and O–H groups in total. The Hall–Kier alpha value is -2.22. The van der Waals surface area contributed by atoms with Gasteiger partial charge in [0.05, 0.1) is 6.61 Å². The van der Waals surface area contributed by atoms with Crippen LogP contribution >= 0.6 is 23.1 Å². The maximum atomic E-state index is 13.3. The predicted octanol–water partition coefficient (Wildman–Crippen LogP) is 6.86. The Bertz CT molecular complexity index is 1230. The lowest BCUT2D eigenvalue weighted by Crippen LogP contribution is -2.44. The molecule has 7 heteroatoms. The standard InChI is InChI=1S/C27H33NO4S2/c1-16(2)27(9-6-17-8-11-33-23(17)15-29)14-21(30)24(25(31)32-27)34-22-12-18-7-10-28-20(18)13-19(22)26(3,4)5/h7-8,10-13,16,28-30H,6,9,14-15H2,1-5H3. The summed E-state index contributed by atoms with van der Waals surface area (Å²) in [6.45, 7) is 10.5. The fourth-order valence-corrected chi connectivity index (χ4v) is 6.52. The number of H-pyrrole nitrogens is 1. The molecule has 0 bridgehead atoms. The van der Waals surface area contributed by atoms with Crippen LogP contribution in [0.3, 0.4) is 0 Å². The van der Waals surface area contributed by atoms with Gasteiger partial charge in [0.1, 0.15) is 16.3 Å². The Labute approximate surface area is 209 Å². The minimum Gasteiger partial charge on any atom is -0.511 e. The van der Waals surface area contributed by atoms with Crippen LogP contribution in [0.25, 0.3) is 10.9 Å². The summed E-state index contributed by atoms with van der Waals surface area (Å²) in [5.74, 6) is -0.344. The summed E-state index contributed by atoms with van der Waals surface area (Å²) >= 11 is 2.83. The fourth-order valence-electron chi connectivity index (χ4n) is 4.53. The zero-order valence-corrected chi connectivity index (χ0v) is 22.0. The van der Waals surface area contributed by atoms with Gasteiger partial charge in [0, 0.05) is 33.3 Å². The number of thiophene rings is 1. The number of esters is 1. The van der Waals surface area contributed by atoms with Gasteiger partial charge in [0.2, 0.25) is 0 Å². The van der Waals surface area contributed by atoms with Crippen LogP contribution in [-0.4, -0.2) is 26.8 Å². The molecule has 4 rings (SSSR count). The van der Waals surface area contributed by atoms with E-state index in [4.69, 9.17) is 4.74 Å². The molecule has 1 aliphatic heterocycles. The molecule has 0 amide bonds. The normalized spacial score (nSPS) is 19.3. The number of aromatic nitrogens is 1. The molecule has 0 spiro atoms. The van der Waals surface area contributed by atoms with Gasteiger partial charge in [0.15, 0.2) is 0 Å². The number of cyclic esters (lactones) is 1. The van der Waals surface area contributed by atoms with Crippen LogP contribution in [0.5, 0.6) is 0 Å². The first-order valence-electron chi connectivity index (χ1n) is 11.6. The number of rotatable bonds is 7. The average molecular weight is 500 g/mol. The molecular weight excluding hydrogens is 466 g/mol. The first kappa shape index (κ1) is 24.9. The average Bonchev–Trinajstić information content (AvgIpc) is 3.41. The van der Waals surface area contributed by atoms with Crippen LogP contribution in [0.1, 0.15) is 63.5 Å². The van der Waals surface area contributed by atoms with Crippen LogP contribution in [-0.2, 0) is 28.0 Å². The molecule has 3 aromatic rings. The Morgan fingerprint density at radius 2 is 2.03 bits per heavy atom. The summed E-state index contributed by atoms with van der Waals surface area (Å²) in [6.07, 6.45) is 3.46. The van der Waals surface area contributed by atoms with Crippen LogP contribution in [0, 0.1) is 5.92 Å². The number of aromatic amines is 1. The van der Waals surface area contributed by atoms with Gasteiger partial charge in [-0.1, -0.05) is 46.4 Å². The maximum Gasteiger partial charge on any atom is 0.349 e. The van der Waals surface area contributed by atoms with E-state index in [0.717, 1.165) is 31.8 Å². The number of ether oxygens (including phenoxy) is 1. The van der Waals surface area contributed by atoms with Crippen molar-refractivity contribution in [1.29, 1.82) is 0 Å². The number of hydrogen-bond donors (Lipinski definition) is 3. The molecule has 3 heterocycles. The van der Waals surface area contributed by atoms with Crippen molar-refractivity contribution in [1.82, 2.24) is 4.98 Å². The first-order valence-corrected chi connectivity index (χ1v) is 13.3. The minimum atomic E-state index is -0.780. The highest BCUT2D eigenvalue weighted by Crippen LogP contribution is 2.45. The Morgan fingerprint density at radius 1 is 1.26 bits per heavy atom. The van der Waals surface area contributed by atoms with Crippen molar-refractivity contribution in [2.45, 2.75) is 76.4 Å². The van der Waals surface area contributed by atoms with Gasteiger partial charge < -0.3 is 19.9 Å². The van der Waals surface area contributed by atoms with E-state index in [2.05, 4.69) is 37.9 Å². The fraction of sp³-hybridized carbons (Fsp3) is 0.444. The topological polar surface area (TPSA) is 82.5 Å². The molecular formula is C27H33NO4S2. The zero-order chi connectivity index (χ0) is 24.7. The van der Waals surface area contributed by atoms with E-state index in [1.165, 1.54) is 23.1 Å². The van der Waals surface area contributed by atoms with E-state index in [0.29, 0.717) is 12.8 Å². The van der Waals surface area contributed by atoms with Gasteiger partial charge in [-0.05, 0) is 64.9 Å². The number of aliphatic hydroxyl groups excluding tert-OH is 2. The van der Waals surface area contributed by atoms with E-state index in [-0.39, 0.29) is 35.0 Å². The van der Waals surface area contributed by atoms with Gasteiger partial charge in [-0.3, -0.25) is 0 Å². The second-order valence-corrected chi connectivity index (χ2v) is 12.4. The largest absolute Gasteiger partial charge is 0.511 e. The first-order chi connectivity index (χ1) is 16.0. The smallest absolute Gasteiger partial charge is 0.349 e. The highest BCUT2D eigenvalue weighted by atomic mass is 32.2. The number of carbonyl (C=O) groups is 1. The van der Waals surface area contributed by atoms with E-state index in [1.54, 1.807) is 0 Å². The molecule has 0 saturated carbocycles. The Morgan fingerprint density at radius 3 is 2.68 bits per heavy atom. The van der Waals surface area contributed by atoms with Gasteiger partial charge >= 0.3 is 5.97 Å². The lowest BCUT2D eigenvalue weighted by atomic mass is 9.80. The molecule has 0 saturated heterocycles. The molecule has 2 aromatic heterocycles. The van der Waals surface area contributed by atoms with Crippen molar-refractivity contribution in [3.8, 4) is 0 Å². The number of hydrogen-bond acceptors (Lipinski definition) is 6. The predicted molar refractivity (Wildman–Crippen MR) is 139 cm³/mol. The molecule has 0 fully saturated rings. The molecule has 5 nitrogen and oxygen atoms in total. The summed E-state index contributed by atoms with van der Waals surface area (Å²) in [5, 5.41) is 23.7. The monoisotopic (exact) mass is 499 g/mol. The second kappa shape index (κ2) is 9.44. The summed E-state index contributed by atoms with van der Waals surface area (Å²) in [6, 6.07) is 8.22. The summed E-state index contributed by atoms with van der Waals surface area (Å²) in [5.41, 5.74) is 2.31. The van der Waals surface area contributed by atoms with E-state index < -0.39 is 11.6 Å². The Kier molecular flexibility index (Phi) is 6.91. The van der Waals surface area contributed by atoms with Crippen LogP contribution < -0.4 is 0 Å². The number of aryl methyl sites for hydroxylation is 1. The number of benzene rings is 1. The molecule has 34 heavy (non-hydrogen) atoms. The van der Waals surface area contributed by atoms with Crippen LogP contribution in [0.2, 0.25) is 0 Å². The van der Waals surface area contributed by atoms with Crippen molar-refractivity contribution < 1.29 is 19.7 Å². The minimum absolute atomic E-state index is 0.00893. The van der Waals surface area contributed by atoms with Crippen molar-refractivity contribution in [3.63, 3.8) is 0 Å². The highest BCUT2D eigenvalue weighted by Gasteiger charge is 2.44. The summed E-state index contributed by atoms with van der Waals surface area (Å²) in [4.78, 5) is 18.7. The maximum absolute atomic E-state index is 13.3. The van der Waals surface area contributed by atoms with E-state index in [9.17, 15) is 15.0 Å². The highest BCUT2D eigenvalue weighted by molar-refractivity contribution is 8.04. The molecule has 0 radical (unpaired) electrons. The zero-order valence-electron chi connectivity index (χ0n) is 20.4. The van der Waals surface area contributed by atoms with E-state index in [1.807, 2.05) is 37.6 Å². The third kappa shape index (κ3) is 4.79. The summed E-state index contributed by atoms with van der Waals surface area (Å²) in [7, 11) is 0. The third-order valence-electron chi connectivity index (χ3n) is 6.73. The number of aliphatic hydroxyl groups is 2. The van der Waals surface area contributed by atoms with Crippen molar-refractivity contribution in [3.05, 3.63) is 62.5 Å². The lowest BCUT2D eigenvalue weighted by Gasteiger charge is -2.40. The molecule has 1 aromatic carbocycles. The number of nitrogens with one attached hydrogen (secondary N) is 1. The van der Waals surface area contributed by atoms with Gasteiger partial charge in [-0.2, -0.15) is 0 Å². The second-order valence-electron chi connectivity index (χ2n) is 10.4. The van der Waals surface area contributed by atoms with Crippen LogP contribution in [0.4, 0.5) is 0 Å². The Balaban J connectivity index is 1.64. The molecule has 0 aliphatic carbocycles. The number of thioether (sulfide) groups is 1. The number of fused-ring (bicyclic) bond motifs is 1. The summed E-state index contributed by atoms with van der Waals surface area (Å²) < 4.78 is 6.12. The van der Waals surface area contributed by atoms with Crippen LogP contribution in [0.15, 0.2) is 51.4 Å².